The number of likely N-dealkylation sites (N-methyl/N-ethyl adjacent to an activating group) is 1. The van der Waals surface area contributed by atoms with Crippen LogP contribution in [0.25, 0.3) is 0 Å². The Morgan fingerprint density at radius 1 is 1.26 bits per heavy atom. The Hall–Kier alpha value is -0.550. The summed E-state index contributed by atoms with van der Waals surface area (Å²) >= 11 is 17.1. The van der Waals surface area contributed by atoms with Gasteiger partial charge in [-0.05, 0) is 43.5 Å². The zero-order valence-corrected chi connectivity index (χ0v) is 13.5. The van der Waals surface area contributed by atoms with E-state index in [1.807, 2.05) is 6.07 Å². The number of rotatable bonds is 6. The summed E-state index contributed by atoms with van der Waals surface area (Å²) in [5.74, 6) is 0. The van der Waals surface area contributed by atoms with Gasteiger partial charge in [0.25, 0.3) is 0 Å². The molecule has 19 heavy (non-hydrogen) atoms. The van der Waals surface area contributed by atoms with Gasteiger partial charge in [-0.25, -0.2) is 0 Å². The van der Waals surface area contributed by atoms with Gasteiger partial charge >= 0.3 is 0 Å². The third-order valence-corrected chi connectivity index (χ3v) is 3.58. The first-order valence-electron chi connectivity index (χ1n) is 6.29. The lowest BCUT2D eigenvalue weighted by Crippen LogP contribution is -2.36. The fraction of sp³-hybridized carbons (Fsp3) is 0.462. The second-order valence-corrected chi connectivity index (χ2v) is 5.28. The molecule has 1 aromatic carbocycles. The van der Waals surface area contributed by atoms with E-state index < -0.39 is 0 Å². The molecule has 0 saturated heterocycles. The van der Waals surface area contributed by atoms with Crippen LogP contribution in [0, 0.1) is 0 Å². The van der Waals surface area contributed by atoms with Crippen molar-refractivity contribution in [1.82, 2.24) is 10.2 Å². The summed E-state index contributed by atoms with van der Waals surface area (Å²) in [5, 5.41) is 7.95. The maximum Gasteiger partial charge on any atom is 0.170 e. The molecule has 0 bridgehead atoms. The van der Waals surface area contributed by atoms with Crippen LogP contribution < -0.4 is 10.6 Å². The van der Waals surface area contributed by atoms with Gasteiger partial charge in [-0.1, -0.05) is 37.0 Å². The molecule has 0 fully saturated rings. The molecule has 0 radical (unpaired) electrons. The van der Waals surface area contributed by atoms with Crippen LogP contribution >= 0.6 is 35.4 Å². The predicted octanol–water partition coefficient (Wildman–Crippen LogP) is 3.62. The number of nitrogens with zero attached hydrogens (tertiary/aromatic N) is 1. The van der Waals surface area contributed by atoms with Gasteiger partial charge in [-0.15, -0.1) is 0 Å². The van der Waals surface area contributed by atoms with Gasteiger partial charge in [-0.3, -0.25) is 0 Å². The first kappa shape index (κ1) is 16.5. The van der Waals surface area contributed by atoms with E-state index in [1.54, 1.807) is 12.1 Å². The van der Waals surface area contributed by atoms with Crippen molar-refractivity contribution in [3.05, 3.63) is 28.2 Å². The first-order valence-corrected chi connectivity index (χ1v) is 7.45. The molecule has 0 saturated carbocycles. The van der Waals surface area contributed by atoms with Crippen molar-refractivity contribution in [3.63, 3.8) is 0 Å². The molecular weight excluding hydrogens is 301 g/mol. The molecule has 3 nitrogen and oxygen atoms in total. The number of hydrogen-bond donors (Lipinski definition) is 2. The van der Waals surface area contributed by atoms with Crippen LogP contribution in [-0.4, -0.2) is 36.2 Å². The minimum Gasteiger partial charge on any atom is -0.361 e. The van der Waals surface area contributed by atoms with Crippen LogP contribution in [0.1, 0.15) is 13.8 Å². The summed E-state index contributed by atoms with van der Waals surface area (Å²) in [5.41, 5.74) is 0.756. The van der Waals surface area contributed by atoms with Crippen molar-refractivity contribution in [2.75, 3.05) is 31.5 Å². The van der Waals surface area contributed by atoms with E-state index in [9.17, 15) is 0 Å². The average Bonchev–Trinajstić information content (AvgIpc) is 2.38. The topological polar surface area (TPSA) is 27.3 Å². The summed E-state index contributed by atoms with van der Waals surface area (Å²) in [6, 6.07) is 5.27. The second kappa shape index (κ2) is 8.59. The highest BCUT2D eigenvalue weighted by Crippen LogP contribution is 2.25. The number of thiocarbonyl (C=S) groups is 1. The highest BCUT2D eigenvalue weighted by molar-refractivity contribution is 7.80. The quantitative estimate of drug-likeness (QED) is 0.783. The van der Waals surface area contributed by atoms with Crippen LogP contribution in [0.4, 0.5) is 5.69 Å². The Balaban J connectivity index is 2.39. The number of benzene rings is 1. The Kier molecular flexibility index (Phi) is 7.46. The third kappa shape index (κ3) is 5.95. The normalized spacial score (nSPS) is 10.6. The highest BCUT2D eigenvalue weighted by atomic mass is 35.5. The molecule has 0 amide bonds. The van der Waals surface area contributed by atoms with E-state index in [4.69, 9.17) is 35.4 Å². The van der Waals surface area contributed by atoms with Crippen LogP contribution in [0.15, 0.2) is 18.2 Å². The SMILES string of the molecule is CCN(CC)CCNC(=S)Nc1ccc(Cl)cc1Cl. The van der Waals surface area contributed by atoms with Gasteiger partial charge < -0.3 is 15.5 Å². The van der Waals surface area contributed by atoms with Gasteiger partial charge in [0.1, 0.15) is 0 Å². The molecule has 1 rings (SSSR count). The smallest absolute Gasteiger partial charge is 0.170 e. The molecule has 0 aliphatic heterocycles. The number of hydrogen-bond acceptors (Lipinski definition) is 2. The first-order chi connectivity index (χ1) is 9.06. The minimum absolute atomic E-state index is 0.556. The molecule has 0 heterocycles. The molecule has 0 atom stereocenters. The van der Waals surface area contributed by atoms with Crippen LogP contribution in [-0.2, 0) is 0 Å². The van der Waals surface area contributed by atoms with Gasteiger partial charge in [-0.2, -0.15) is 0 Å². The lowest BCUT2D eigenvalue weighted by Gasteiger charge is -2.19. The molecule has 0 aromatic heterocycles. The van der Waals surface area contributed by atoms with Gasteiger partial charge in [0, 0.05) is 18.1 Å². The van der Waals surface area contributed by atoms with E-state index in [-0.39, 0.29) is 0 Å². The van der Waals surface area contributed by atoms with Crippen LogP contribution in [0.3, 0.4) is 0 Å². The Morgan fingerprint density at radius 2 is 1.95 bits per heavy atom. The molecule has 6 heteroatoms. The fourth-order valence-electron chi connectivity index (χ4n) is 1.62. The van der Waals surface area contributed by atoms with Crippen molar-refractivity contribution in [3.8, 4) is 0 Å². The number of nitrogens with one attached hydrogen (secondary N) is 2. The summed E-state index contributed by atoms with van der Waals surface area (Å²) in [6.07, 6.45) is 0. The van der Waals surface area contributed by atoms with Crippen LogP contribution in [0.5, 0.6) is 0 Å². The maximum atomic E-state index is 6.06. The predicted molar refractivity (Wildman–Crippen MR) is 88.5 cm³/mol. The van der Waals surface area contributed by atoms with Gasteiger partial charge in [0.2, 0.25) is 0 Å². The molecular formula is C13H19Cl2N3S. The zero-order valence-electron chi connectivity index (χ0n) is 11.2. The lowest BCUT2D eigenvalue weighted by molar-refractivity contribution is 0.308. The monoisotopic (exact) mass is 319 g/mol. The summed E-state index contributed by atoms with van der Waals surface area (Å²) in [7, 11) is 0. The Bertz CT molecular complexity index is 422. The molecule has 0 aliphatic carbocycles. The van der Waals surface area contributed by atoms with E-state index in [2.05, 4.69) is 29.4 Å². The standard InChI is InChI=1S/C13H19Cl2N3S/c1-3-18(4-2)8-7-16-13(19)17-12-6-5-10(14)9-11(12)15/h5-6,9H,3-4,7-8H2,1-2H3,(H2,16,17,19). The Morgan fingerprint density at radius 3 is 2.53 bits per heavy atom. The van der Waals surface area contributed by atoms with E-state index in [1.165, 1.54) is 0 Å². The maximum absolute atomic E-state index is 6.06. The summed E-state index contributed by atoms with van der Waals surface area (Å²) in [6.45, 7) is 8.14. The van der Waals surface area contributed by atoms with Crippen molar-refractivity contribution < 1.29 is 0 Å². The Labute approximate surface area is 130 Å². The zero-order chi connectivity index (χ0) is 14.3. The summed E-state index contributed by atoms with van der Waals surface area (Å²) in [4.78, 5) is 2.32. The van der Waals surface area contributed by atoms with E-state index in [0.29, 0.717) is 15.2 Å². The molecule has 1 aromatic rings. The largest absolute Gasteiger partial charge is 0.361 e. The van der Waals surface area contributed by atoms with Crippen molar-refractivity contribution in [1.29, 1.82) is 0 Å². The lowest BCUT2D eigenvalue weighted by atomic mass is 10.3. The van der Waals surface area contributed by atoms with Crippen LogP contribution in [0.2, 0.25) is 10.0 Å². The molecule has 2 N–H and O–H groups in total. The molecule has 0 spiro atoms. The van der Waals surface area contributed by atoms with E-state index >= 15 is 0 Å². The summed E-state index contributed by atoms with van der Waals surface area (Å²) < 4.78 is 0. The van der Waals surface area contributed by atoms with Crippen molar-refractivity contribution in [2.24, 2.45) is 0 Å². The molecule has 0 unspecified atom stereocenters. The number of halogens is 2. The van der Waals surface area contributed by atoms with Crippen molar-refractivity contribution >= 4 is 46.2 Å². The van der Waals surface area contributed by atoms with Gasteiger partial charge in [0.15, 0.2) is 5.11 Å². The minimum atomic E-state index is 0.556. The highest BCUT2D eigenvalue weighted by Gasteiger charge is 2.04. The fourth-order valence-corrected chi connectivity index (χ4v) is 2.29. The molecule has 106 valence electrons. The average molecular weight is 320 g/mol. The van der Waals surface area contributed by atoms with Gasteiger partial charge in [0.05, 0.1) is 10.7 Å². The van der Waals surface area contributed by atoms with E-state index in [0.717, 1.165) is 31.9 Å². The molecule has 0 aliphatic rings. The number of anilines is 1. The second-order valence-electron chi connectivity index (χ2n) is 4.03. The van der Waals surface area contributed by atoms with Crippen molar-refractivity contribution in [2.45, 2.75) is 13.8 Å². The third-order valence-electron chi connectivity index (χ3n) is 2.79.